The van der Waals surface area contributed by atoms with Crippen molar-refractivity contribution >= 4 is 21.2 Å². The minimum absolute atomic E-state index is 0.0188. The number of sulfone groups is 1. The van der Waals surface area contributed by atoms with Crippen LogP contribution in [0.15, 0.2) is 64.3 Å². The first kappa shape index (κ1) is 14.9. The predicted octanol–water partition coefficient (Wildman–Crippen LogP) is 4.09. The highest BCUT2D eigenvalue weighted by Gasteiger charge is 2.20. The predicted molar refractivity (Wildman–Crippen MR) is 89.6 cm³/mol. The van der Waals surface area contributed by atoms with Crippen molar-refractivity contribution in [3.8, 4) is 11.3 Å². The highest BCUT2D eigenvalue weighted by molar-refractivity contribution is 7.92. The van der Waals surface area contributed by atoms with Crippen molar-refractivity contribution in [3.05, 3.63) is 71.1 Å². The molecule has 0 fully saturated rings. The number of thiazole rings is 1. The van der Waals surface area contributed by atoms with Gasteiger partial charge in [-0.05, 0) is 12.5 Å². The van der Waals surface area contributed by atoms with Crippen molar-refractivity contribution in [2.75, 3.05) is 0 Å². The highest BCUT2D eigenvalue weighted by atomic mass is 32.2. The Morgan fingerprint density at radius 1 is 1.00 bits per heavy atom. The molecule has 0 aliphatic rings. The van der Waals surface area contributed by atoms with E-state index in [1.165, 1.54) is 11.3 Å². The van der Waals surface area contributed by atoms with E-state index in [0.29, 0.717) is 5.69 Å². The van der Waals surface area contributed by atoms with Crippen LogP contribution in [0.3, 0.4) is 0 Å². The largest absolute Gasteiger partial charge is 0.225 e. The standard InChI is InChI=1S/C17H15NO2S2/c1-13-7-9-14(10-8-13)12-22(19,20)17-18-16(11-21-17)15-5-3-2-4-6-15/h2-11H,12H2,1H3. The zero-order valence-corrected chi connectivity index (χ0v) is 13.7. The van der Waals surface area contributed by atoms with Gasteiger partial charge in [0.1, 0.15) is 0 Å². The lowest BCUT2D eigenvalue weighted by atomic mass is 10.2. The Morgan fingerprint density at radius 3 is 2.36 bits per heavy atom. The summed E-state index contributed by atoms with van der Waals surface area (Å²) in [5.74, 6) is -0.0188. The minimum atomic E-state index is -3.41. The molecule has 0 atom stereocenters. The lowest BCUT2D eigenvalue weighted by Crippen LogP contribution is -2.04. The third kappa shape index (κ3) is 3.26. The number of hydrogen-bond acceptors (Lipinski definition) is 4. The van der Waals surface area contributed by atoms with Crippen LogP contribution in [-0.4, -0.2) is 13.4 Å². The second-order valence-corrected chi connectivity index (χ2v) is 8.13. The Kier molecular flexibility index (Phi) is 4.09. The molecule has 0 saturated heterocycles. The van der Waals surface area contributed by atoms with Crippen molar-refractivity contribution in [2.45, 2.75) is 17.0 Å². The van der Waals surface area contributed by atoms with E-state index in [-0.39, 0.29) is 10.1 Å². The summed E-state index contributed by atoms with van der Waals surface area (Å²) in [6.07, 6.45) is 0. The third-order valence-electron chi connectivity index (χ3n) is 3.30. The number of rotatable bonds is 4. The van der Waals surface area contributed by atoms with E-state index in [9.17, 15) is 8.42 Å². The molecule has 0 bridgehead atoms. The Hall–Kier alpha value is -1.98. The molecule has 5 heteroatoms. The summed E-state index contributed by atoms with van der Waals surface area (Å²) in [7, 11) is -3.41. The molecular weight excluding hydrogens is 314 g/mol. The molecule has 1 heterocycles. The molecule has 0 aliphatic carbocycles. The van der Waals surface area contributed by atoms with Crippen LogP contribution < -0.4 is 0 Å². The lowest BCUT2D eigenvalue weighted by molar-refractivity contribution is 0.594. The molecule has 3 nitrogen and oxygen atoms in total. The average molecular weight is 329 g/mol. The smallest absolute Gasteiger partial charge is 0.210 e. The van der Waals surface area contributed by atoms with Gasteiger partial charge in [0.15, 0.2) is 0 Å². The van der Waals surface area contributed by atoms with Crippen molar-refractivity contribution in [1.82, 2.24) is 4.98 Å². The summed E-state index contributed by atoms with van der Waals surface area (Å²) in [5.41, 5.74) is 3.52. The van der Waals surface area contributed by atoms with Crippen LogP contribution in [0.25, 0.3) is 11.3 Å². The van der Waals surface area contributed by atoms with E-state index in [2.05, 4.69) is 4.98 Å². The maximum absolute atomic E-state index is 12.5. The van der Waals surface area contributed by atoms with Crippen LogP contribution in [-0.2, 0) is 15.6 Å². The fourth-order valence-corrected chi connectivity index (χ4v) is 4.56. The van der Waals surface area contributed by atoms with Crippen LogP contribution in [0.2, 0.25) is 0 Å². The first-order chi connectivity index (χ1) is 10.5. The zero-order valence-electron chi connectivity index (χ0n) is 12.1. The summed E-state index contributed by atoms with van der Waals surface area (Å²) >= 11 is 1.17. The fourth-order valence-electron chi connectivity index (χ4n) is 2.11. The second-order valence-electron chi connectivity index (χ2n) is 5.11. The van der Waals surface area contributed by atoms with E-state index in [4.69, 9.17) is 0 Å². The molecule has 3 aromatic rings. The van der Waals surface area contributed by atoms with Crippen molar-refractivity contribution in [2.24, 2.45) is 0 Å². The van der Waals surface area contributed by atoms with Gasteiger partial charge >= 0.3 is 0 Å². The zero-order chi connectivity index (χ0) is 15.6. The number of hydrogen-bond donors (Lipinski definition) is 0. The van der Waals surface area contributed by atoms with Crippen LogP contribution in [0, 0.1) is 6.92 Å². The van der Waals surface area contributed by atoms with Crippen LogP contribution >= 0.6 is 11.3 Å². The Labute approximate surface area is 134 Å². The van der Waals surface area contributed by atoms with E-state index in [1.54, 1.807) is 5.38 Å². The quantitative estimate of drug-likeness (QED) is 0.724. The molecule has 112 valence electrons. The van der Waals surface area contributed by atoms with Crippen molar-refractivity contribution in [1.29, 1.82) is 0 Å². The van der Waals surface area contributed by atoms with Crippen LogP contribution in [0.4, 0.5) is 0 Å². The molecule has 1 aromatic heterocycles. The molecule has 2 aromatic carbocycles. The molecule has 3 rings (SSSR count). The summed E-state index contributed by atoms with van der Waals surface area (Å²) < 4.78 is 25.1. The number of aryl methyl sites for hydroxylation is 1. The van der Waals surface area contributed by atoms with Crippen LogP contribution in [0.1, 0.15) is 11.1 Å². The highest BCUT2D eigenvalue weighted by Crippen LogP contribution is 2.26. The fraction of sp³-hybridized carbons (Fsp3) is 0.118. The monoisotopic (exact) mass is 329 g/mol. The average Bonchev–Trinajstić information content (AvgIpc) is 3.01. The molecule has 0 aliphatic heterocycles. The first-order valence-corrected chi connectivity index (χ1v) is 9.37. The van der Waals surface area contributed by atoms with Gasteiger partial charge in [0, 0.05) is 10.9 Å². The maximum Gasteiger partial charge on any atom is 0.210 e. The maximum atomic E-state index is 12.5. The van der Waals surface area contributed by atoms with Gasteiger partial charge in [-0.2, -0.15) is 0 Å². The first-order valence-electron chi connectivity index (χ1n) is 6.84. The summed E-state index contributed by atoms with van der Waals surface area (Å²) in [5, 5.41) is 1.79. The molecule has 0 saturated carbocycles. The van der Waals surface area contributed by atoms with Crippen molar-refractivity contribution in [3.63, 3.8) is 0 Å². The molecule has 0 amide bonds. The molecule has 0 spiro atoms. The second kappa shape index (κ2) is 6.02. The van der Waals surface area contributed by atoms with Gasteiger partial charge in [0.2, 0.25) is 14.2 Å². The van der Waals surface area contributed by atoms with Gasteiger partial charge < -0.3 is 0 Å². The SMILES string of the molecule is Cc1ccc(CS(=O)(=O)c2nc(-c3ccccc3)cs2)cc1. The number of benzene rings is 2. The lowest BCUT2D eigenvalue weighted by Gasteiger charge is -2.02. The Balaban J connectivity index is 1.87. The Bertz CT molecular complexity index is 867. The molecular formula is C17H15NO2S2. The van der Waals surface area contributed by atoms with Crippen LogP contribution in [0.5, 0.6) is 0 Å². The minimum Gasteiger partial charge on any atom is -0.225 e. The summed E-state index contributed by atoms with van der Waals surface area (Å²) in [6, 6.07) is 17.1. The Morgan fingerprint density at radius 2 is 1.68 bits per heavy atom. The van der Waals surface area contributed by atoms with Crippen molar-refractivity contribution < 1.29 is 8.42 Å². The van der Waals surface area contributed by atoms with Gasteiger partial charge in [-0.25, -0.2) is 13.4 Å². The van der Waals surface area contributed by atoms with E-state index >= 15 is 0 Å². The van der Waals surface area contributed by atoms with Gasteiger partial charge in [-0.15, -0.1) is 11.3 Å². The number of aromatic nitrogens is 1. The van der Waals surface area contributed by atoms with Gasteiger partial charge in [-0.1, -0.05) is 60.2 Å². The van der Waals surface area contributed by atoms with E-state index in [1.807, 2.05) is 61.5 Å². The number of nitrogens with zero attached hydrogens (tertiary/aromatic N) is 1. The summed E-state index contributed by atoms with van der Waals surface area (Å²) in [6.45, 7) is 1.98. The van der Waals surface area contributed by atoms with Gasteiger partial charge in [-0.3, -0.25) is 0 Å². The van der Waals surface area contributed by atoms with E-state index < -0.39 is 9.84 Å². The molecule has 0 radical (unpaired) electrons. The molecule has 0 N–H and O–H groups in total. The van der Waals surface area contributed by atoms with E-state index in [0.717, 1.165) is 16.7 Å². The molecule has 0 unspecified atom stereocenters. The van der Waals surface area contributed by atoms with Gasteiger partial charge in [0.05, 0.1) is 11.4 Å². The summed E-state index contributed by atoms with van der Waals surface area (Å²) in [4.78, 5) is 4.30. The normalized spacial score (nSPS) is 11.5. The third-order valence-corrected chi connectivity index (χ3v) is 6.32. The topological polar surface area (TPSA) is 47.0 Å². The molecule has 22 heavy (non-hydrogen) atoms. The van der Waals surface area contributed by atoms with Gasteiger partial charge in [0.25, 0.3) is 0 Å².